The van der Waals surface area contributed by atoms with Crippen LogP contribution in [0.15, 0.2) is 41.4 Å². The van der Waals surface area contributed by atoms with E-state index in [-0.39, 0.29) is 24.3 Å². The molecular formula is C21H28ClO6P. The van der Waals surface area contributed by atoms with Crippen LogP contribution in [0.4, 0.5) is 0 Å². The molecule has 1 aliphatic heterocycles. The van der Waals surface area contributed by atoms with E-state index < -0.39 is 19.7 Å². The van der Waals surface area contributed by atoms with E-state index in [0.29, 0.717) is 21.7 Å². The van der Waals surface area contributed by atoms with Crippen molar-refractivity contribution < 1.29 is 27.9 Å². The second-order valence-corrected chi connectivity index (χ2v) is 9.40. The SMILES string of the molecule is CCOC(=O)C1=C(c2ccc(Cl)cc2)C=C(P(=O)(OC(C)C)OC(C)C)OC1C. The summed E-state index contributed by atoms with van der Waals surface area (Å²) in [7, 11) is -3.76. The highest BCUT2D eigenvalue weighted by atomic mass is 35.5. The first kappa shape index (κ1) is 23.7. The number of halogens is 1. The lowest BCUT2D eigenvalue weighted by atomic mass is 9.95. The zero-order chi connectivity index (χ0) is 21.8. The molecule has 0 amide bonds. The number of allylic oxidation sites excluding steroid dienone is 2. The third-order valence-electron chi connectivity index (χ3n) is 3.88. The van der Waals surface area contributed by atoms with Crippen LogP contribution >= 0.6 is 19.2 Å². The summed E-state index contributed by atoms with van der Waals surface area (Å²) in [4.78, 5) is 12.6. The molecular weight excluding hydrogens is 415 g/mol. The number of rotatable bonds is 8. The molecule has 0 saturated heterocycles. The molecule has 1 heterocycles. The first-order valence-corrected chi connectivity index (χ1v) is 11.5. The maximum absolute atomic E-state index is 13.6. The largest absolute Gasteiger partial charge is 0.478 e. The molecule has 6 nitrogen and oxygen atoms in total. The summed E-state index contributed by atoms with van der Waals surface area (Å²) in [6.07, 6.45) is 0.128. The summed E-state index contributed by atoms with van der Waals surface area (Å²) in [5.41, 5.74) is 1.64. The first-order valence-electron chi connectivity index (χ1n) is 9.60. The normalized spacial score (nSPS) is 17.4. The highest BCUT2D eigenvalue weighted by Gasteiger charge is 2.40. The first-order chi connectivity index (χ1) is 13.6. The minimum absolute atomic E-state index is 0.0606. The van der Waals surface area contributed by atoms with Gasteiger partial charge in [-0.15, -0.1) is 0 Å². The molecule has 160 valence electrons. The number of hydrogen-bond donors (Lipinski definition) is 0. The molecule has 0 fully saturated rings. The molecule has 0 bridgehead atoms. The number of carbonyl (C=O) groups excluding carboxylic acids is 1. The van der Waals surface area contributed by atoms with Gasteiger partial charge in [-0.1, -0.05) is 23.7 Å². The Hall–Kier alpha value is -1.59. The summed E-state index contributed by atoms with van der Waals surface area (Å²) < 4.78 is 36.0. The van der Waals surface area contributed by atoms with Gasteiger partial charge in [-0.2, -0.15) is 0 Å². The molecule has 1 atom stereocenters. The van der Waals surface area contributed by atoms with Gasteiger partial charge in [0.1, 0.15) is 6.10 Å². The molecule has 1 unspecified atom stereocenters. The van der Waals surface area contributed by atoms with Gasteiger partial charge in [0.15, 0.2) is 0 Å². The van der Waals surface area contributed by atoms with Crippen LogP contribution in [0.1, 0.15) is 47.1 Å². The Kier molecular flexibility index (Phi) is 8.12. The number of ether oxygens (including phenoxy) is 2. The molecule has 29 heavy (non-hydrogen) atoms. The molecule has 0 N–H and O–H groups in total. The Morgan fingerprint density at radius 3 is 2.17 bits per heavy atom. The van der Waals surface area contributed by atoms with Crippen molar-refractivity contribution in [3.63, 3.8) is 0 Å². The Morgan fingerprint density at radius 1 is 1.14 bits per heavy atom. The van der Waals surface area contributed by atoms with E-state index in [0.717, 1.165) is 0 Å². The Labute approximate surface area is 177 Å². The number of esters is 1. The second-order valence-electron chi connectivity index (χ2n) is 7.10. The molecule has 0 spiro atoms. The van der Waals surface area contributed by atoms with Crippen molar-refractivity contribution in [2.45, 2.75) is 59.9 Å². The second kappa shape index (κ2) is 9.94. The summed E-state index contributed by atoms with van der Waals surface area (Å²) in [6, 6.07) is 6.99. The van der Waals surface area contributed by atoms with Crippen LogP contribution in [0.2, 0.25) is 5.02 Å². The van der Waals surface area contributed by atoms with Gasteiger partial charge in [0.2, 0.25) is 5.50 Å². The molecule has 0 aromatic heterocycles. The molecule has 1 aromatic rings. The van der Waals surface area contributed by atoms with Crippen molar-refractivity contribution in [3.8, 4) is 0 Å². The molecule has 8 heteroatoms. The topological polar surface area (TPSA) is 71.1 Å². The van der Waals surface area contributed by atoms with Crippen LogP contribution in [-0.4, -0.2) is 30.9 Å². The van der Waals surface area contributed by atoms with Crippen LogP contribution in [0, 0.1) is 0 Å². The number of benzene rings is 1. The quantitative estimate of drug-likeness (QED) is 0.365. The molecule has 0 saturated carbocycles. The van der Waals surface area contributed by atoms with Gasteiger partial charge in [0.25, 0.3) is 0 Å². The third kappa shape index (κ3) is 5.95. The minimum atomic E-state index is -3.76. The van der Waals surface area contributed by atoms with Gasteiger partial charge >= 0.3 is 13.6 Å². The molecule has 1 aromatic carbocycles. The van der Waals surface area contributed by atoms with Gasteiger partial charge in [-0.25, -0.2) is 4.79 Å². The molecule has 0 radical (unpaired) electrons. The van der Waals surface area contributed by atoms with Crippen molar-refractivity contribution >= 4 is 30.7 Å². The summed E-state index contributed by atoms with van der Waals surface area (Å²) >= 11 is 6.01. The maximum Gasteiger partial charge on any atom is 0.396 e. The van der Waals surface area contributed by atoms with Crippen molar-refractivity contribution in [2.75, 3.05) is 6.61 Å². The van der Waals surface area contributed by atoms with Gasteiger partial charge in [-0.3, -0.25) is 4.57 Å². The van der Waals surface area contributed by atoms with E-state index in [1.54, 1.807) is 71.9 Å². The van der Waals surface area contributed by atoms with Crippen LogP contribution in [0.3, 0.4) is 0 Å². The summed E-state index contributed by atoms with van der Waals surface area (Å²) in [5, 5.41) is 0.563. The fourth-order valence-corrected chi connectivity index (χ4v) is 4.94. The fraction of sp³-hybridized carbons (Fsp3) is 0.476. The predicted octanol–water partition coefficient (Wildman–Crippen LogP) is 5.96. The standard InChI is InChI=1S/C21H28ClO6P/c1-7-25-21(23)20-15(6)26-19(29(24,27-13(2)3)28-14(4)5)12-18(20)16-8-10-17(22)11-9-16/h8-15H,7H2,1-6H3. The Morgan fingerprint density at radius 2 is 1.69 bits per heavy atom. The summed E-state index contributed by atoms with van der Waals surface area (Å²) in [6.45, 7) is 10.7. The lowest BCUT2D eigenvalue weighted by Gasteiger charge is -2.31. The maximum atomic E-state index is 13.6. The van der Waals surface area contributed by atoms with E-state index >= 15 is 0 Å². The van der Waals surface area contributed by atoms with Gasteiger partial charge in [0.05, 0.1) is 24.4 Å². The zero-order valence-electron chi connectivity index (χ0n) is 17.6. The average Bonchev–Trinajstić information content (AvgIpc) is 2.60. The van der Waals surface area contributed by atoms with E-state index in [2.05, 4.69) is 0 Å². The van der Waals surface area contributed by atoms with E-state index in [1.165, 1.54) is 0 Å². The van der Waals surface area contributed by atoms with E-state index in [9.17, 15) is 9.36 Å². The lowest BCUT2D eigenvalue weighted by molar-refractivity contribution is -0.139. The Bertz CT molecular complexity index is 827. The van der Waals surface area contributed by atoms with Crippen LogP contribution in [0.25, 0.3) is 5.57 Å². The monoisotopic (exact) mass is 442 g/mol. The number of hydrogen-bond acceptors (Lipinski definition) is 6. The van der Waals surface area contributed by atoms with Crippen molar-refractivity contribution in [1.29, 1.82) is 0 Å². The van der Waals surface area contributed by atoms with Crippen molar-refractivity contribution in [1.82, 2.24) is 0 Å². The molecule has 2 rings (SSSR count). The molecule has 1 aliphatic rings. The summed E-state index contributed by atoms with van der Waals surface area (Å²) in [5.74, 6) is -0.496. The fourth-order valence-electron chi connectivity index (χ4n) is 2.87. The zero-order valence-corrected chi connectivity index (χ0v) is 19.3. The van der Waals surface area contributed by atoms with E-state index in [1.807, 2.05) is 0 Å². The van der Waals surface area contributed by atoms with Crippen LogP contribution < -0.4 is 0 Å². The Balaban J connectivity index is 2.66. The third-order valence-corrected chi connectivity index (χ3v) is 6.31. The van der Waals surface area contributed by atoms with Gasteiger partial charge in [0, 0.05) is 5.02 Å². The number of carbonyl (C=O) groups is 1. The van der Waals surface area contributed by atoms with Crippen molar-refractivity contribution in [3.05, 3.63) is 52.0 Å². The smallest absolute Gasteiger partial charge is 0.396 e. The van der Waals surface area contributed by atoms with Crippen molar-refractivity contribution in [2.24, 2.45) is 0 Å². The van der Waals surface area contributed by atoms with Crippen LogP contribution in [-0.2, 0) is 27.9 Å². The minimum Gasteiger partial charge on any atom is -0.478 e. The lowest BCUT2D eigenvalue weighted by Crippen LogP contribution is -2.26. The highest BCUT2D eigenvalue weighted by Crippen LogP contribution is 2.60. The average molecular weight is 443 g/mol. The van der Waals surface area contributed by atoms with E-state index in [4.69, 9.17) is 30.1 Å². The predicted molar refractivity (Wildman–Crippen MR) is 114 cm³/mol. The van der Waals surface area contributed by atoms with Gasteiger partial charge in [-0.05, 0) is 70.9 Å². The van der Waals surface area contributed by atoms with Gasteiger partial charge < -0.3 is 18.5 Å². The molecule has 0 aliphatic carbocycles. The van der Waals surface area contributed by atoms with Crippen LogP contribution in [0.5, 0.6) is 0 Å². The highest BCUT2D eigenvalue weighted by molar-refractivity contribution is 7.58.